The van der Waals surface area contributed by atoms with Crippen molar-refractivity contribution in [1.82, 2.24) is 25.5 Å². The summed E-state index contributed by atoms with van der Waals surface area (Å²) in [5.41, 5.74) is 7.75. The molecule has 0 bridgehead atoms. The number of methoxy groups -OCH3 is 1. The van der Waals surface area contributed by atoms with Crippen LogP contribution in [0.1, 0.15) is 48.0 Å². The highest BCUT2D eigenvalue weighted by Gasteiger charge is 2.43. The van der Waals surface area contributed by atoms with Gasteiger partial charge in [0.15, 0.2) is 5.16 Å². The van der Waals surface area contributed by atoms with Gasteiger partial charge in [-0.1, -0.05) is 30.8 Å². The van der Waals surface area contributed by atoms with Crippen LogP contribution in [0.3, 0.4) is 0 Å². The molecule has 6 rings (SSSR count). The summed E-state index contributed by atoms with van der Waals surface area (Å²) in [6.07, 6.45) is 3.92. The minimum Gasteiger partial charge on any atom is -0.497 e. The summed E-state index contributed by atoms with van der Waals surface area (Å²) < 4.78 is 7.54. The lowest BCUT2D eigenvalue weighted by atomic mass is 9.87. The van der Waals surface area contributed by atoms with Crippen LogP contribution in [-0.2, 0) is 18.6 Å². The van der Waals surface area contributed by atoms with Crippen LogP contribution in [0, 0.1) is 5.92 Å². The monoisotopic (exact) mass is 454 g/mol. The number of ether oxygens (including phenoxy) is 1. The van der Waals surface area contributed by atoms with E-state index in [2.05, 4.69) is 56.5 Å². The first kappa shape index (κ1) is 19.6. The highest BCUT2D eigenvalue weighted by Crippen LogP contribution is 2.48. The van der Waals surface area contributed by atoms with Gasteiger partial charge >= 0.3 is 0 Å². The molecule has 0 saturated carbocycles. The van der Waals surface area contributed by atoms with Crippen molar-refractivity contribution >= 4 is 29.0 Å². The van der Waals surface area contributed by atoms with Crippen LogP contribution in [-0.4, -0.2) is 28.0 Å². The van der Waals surface area contributed by atoms with E-state index in [0.29, 0.717) is 0 Å². The lowest BCUT2D eigenvalue weighted by Crippen LogP contribution is -2.40. The number of rotatable bonds is 4. The van der Waals surface area contributed by atoms with Gasteiger partial charge in [0, 0.05) is 16.2 Å². The minimum absolute atomic E-state index is 0.117. The Balaban J connectivity index is 1.39. The molecule has 4 heterocycles. The average Bonchev–Trinajstić information content (AvgIpc) is 3.46. The summed E-state index contributed by atoms with van der Waals surface area (Å²) in [6, 6.07) is 8.24. The van der Waals surface area contributed by atoms with Crippen LogP contribution in [0.5, 0.6) is 5.75 Å². The molecule has 0 radical (unpaired) electrons. The van der Waals surface area contributed by atoms with E-state index in [1.165, 1.54) is 33.8 Å². The Bertz CT molecular complexity index is 1120. The van der Waals surface area contributed by atoms with Crippen molar-refractivity contribution in [2.24, 2.45) is 5.92 Å². The summed E-state index contributed by atoms with van der Waals surface area (Å²) in [5.74, 6) is 3.32. The van der Waals surface area contributed by atoms with Gasteiger partial charge in [-0.15, -0.1) is 21.5 Å². The molecule has 1 saturated heterocycles. The number of fused-ring (bicyclic) bond motifs is 8. The minimum atomic E-state index is 0.117. The third kappa shape index (κ3) is 3.17. The number of nitrogens with zero attached hydrogens (tertiary/aromatic N) is 4. The number of anilines is 1. The molecular weight excluding hydrogens is 428 g/mol. The van der Waals surface area contributed by atoms with E-state index in [1.54, 1.807) is 24.4 Å². The molecular formula is C22H26N6OS2. The number of thiophene rings is 1. The summed E-state index contributed by atoms with van der Waals surface area (Å²) in [6.45, 7) is 4.52. The molecule has 3 aliphatic rings. The van der Waals surface area contributed by atoms with Crippen LogP contribution >= 0.6 is 23.1 Å². The molecule has 9 heteroatoms. The SMILES string of the molecule is COc1ccc(CSc2nnc3n2-c2sc4c(c2C2NC(C)NN32)C[C@H](C)CC4)cc1. The van der Waals surface area contributed by atoms with E-state index in [1.807, 2.05) is 23.5 Å². The van der Waals surface area contributed by atoms with Crippen LogP contribution < -0.4 is 20.5 Å². The fourth-order valence-corrected chi connectivity index (χ4v) is 7.11. The molecule has 2 aliphatic heterocycles. The number of hydrogen-bond acceptors (Lipinski definition) is 8. The Labute approximate surface area is 190 Å². The maximum atomic E-state index is 5.28. The first-order valence-corrected chi connectivity index (χ1v) is 12.6. The van der Waals surface area contributed by atoms with Gasteiger partial charge in [-0.2, -0.15) is 0 Å². The predicted molar refractivity (Wildman–Crippen MR) is 124 cm³/mol. The second-order valence-electron chi connectivity index (χ2n) is 8.62. The van der Waals surface area contributed by atoms with Crippen LogP contribution in [0.4, 0.5) is 5.95 Å². The molecule has 2 aromatic heterocycles. The Morgan fingerprint density at radius 3 is 2.87 bits per heavy atom. The van der Waals surface area contributed by atoms with E-state index in [9.17, 15) is 0 Å². The third-order valence-corrected chi connectivity index (χ3v) is 8.66. The standard InChI is InChI=1S/C22H26N6OS2/c1-12-4-9-17-16(10-12)18-19-23-13(2)26-28(19)21-24-25-22(27(21)20(18)31-17)30-11-14-5-7-15(29-3)8-6-14/h5-8,12-13,19,23,26H,4,9-11H2,1-3H3/t12-,13?,19?/m1/s1. The van der Waals surface area contributed by atoms with E-state index >= 15 is 0 Å². The fourth-order valence-electron chi connectivity index (χ4n) is 4.79. The van der Waals surface area contributed by atoms with Gasteiger partial charge in [0.25, 0.3) is 0 Å². The Hall–Kier alpha value is -2.07. The van der Waals surface area contributed by atoms with Gasteiger partial charge in [0.1, 0.15) is 16.9 Å². The maximum Gasteiger partial charge on any atom is 0.249 e. The molecule has 1 fully saturated rings. The first-order chi connectivity index (χ1) is 15.1. The Kier molecular flexibility index (Phi) is 4.75. The zero-order chi connectivity index (χ0) is 21.1. The summed E-state index contributed by atoms with van der Waals surface area (Å²) >= 11 is 3.67. The molecule has 1 aromatic carbocycles. The number of benzene rings is 1. The van der Waals surface area contributed by atoms with E-state index in [0.717, 1.165) is 34.9 Å². The number of thioether (sulfide) groups is 1. The quantitative estimate of drug-likeness (QED) is 0.577. The van der Waals surface area contributed by atoms with Crippen molar-refractivity contribution in [3.63, 3.8) is 0 Å². The van der Waals surface area contributed by atoms with E-state index < -0.39 is 0 Å². The smallest absolute Gasteiger partial charge is 0.249 e. The van der Waals surface area contributed by atoms with Crippen molar-refractivity contribution in [3.8, 4) is 10.8 Å². The second kappa shape index (κ2) is 7.51. The number of nitrogens with one attached hydrogen (secondary N) is 2. The predicted octanol–water partition coefficient (Wildman–Crippen LogP) is 4.03. The number of hydrazine groups is 1. The summed E-state index contributed by atoms with van der Waals surface area (Å²) in [4.78, 5) is 1.54. The van der Waals surface area contributed by atoms with Gasteiger partial charge < -0.3 is 4.74 Å². The van der Waals surface area contributed by atoms with Crippen LogP contribution in [0.15, 0.2) is 29.4 Å². The van der Waals surface area contributed by atoms with Gasteiger partial charge in [-0.05, 0) is 55.4 Å². The fraction of sp³-hybridized carbons (Fsp3) is 0.455. The third-order valence-electron chi connectivity index (χ3n) is 6.36. The second-order valence-corrected chi connectivity index (χ2v) is 10.6. The topological polar surface area (TPSA) is 67.2 Å². The first-order valence-electron chi connectivity index (χ1n) is 10.8. The number of aromatic nitrogens is 3. The van der Waals surface area contributed by atoms with Crippen molar-refractivity contribution < 1.29 is 4.74 Å². The molecule has 162 valence electrons. The summed E-state index contributed by atoms with van der Waals surface area (Å²) in [7, 11) is 1.70. The van der Waals surface area contributed by atoms with Gasteiger partial charge in [0.2, 0.25) is 5.95 Å². The molecule has 0 spiro atoms. The maximum absolute atomic E-state index is 5.28. The normalized spacial score (nSPS) is 23.8. The molecule has 3 atom stereocenters. The molecule has 31 heavy (non-hydrogen) atoms. The summed E-state index contributed by atoms with van der Waals surface area (Å²) in [5, 5.41) is 17.3. The highest BCUT2D eigenvalue weighted by atomic mass is 32.2. The largest absolute Gasteiger partial charge is 0.497 e. The van der Waals surface area contributed by atoms with Crippen molar-refractivity contribution in [3.05, 3.63) is 45.8 Å². The van der Waals surface area contributed by atoms with E-state index in [-0.39, 0.29) is 12.3 Å². The average molecular weight is 455 g/mol. The molecule has 1 aliphatic carbocycles. The van der Waals surface area contributed by atoms with Gasteiger partial charge in [-0.25, -0.2) is 9.99 Å². The van der Waals surface area contributed by atoms with Crippen molar-refractivity contribution in [1.29, 1.82) is 0 Å². The van der Waals surface area contributed by atoms with Crippen LogP contribution in [0.2, 0.25) is 0 Å². The zero-order valence-electron chi connectivity index (χ0n) is 17.9. The van der Waals surface area contributed by atoms with Gasteiger partial charge in [-0.3, -0.25) is 10.3 Å². The molecule has 2 N–H and O–H groups in total. The van der Waals surface area contributed by atoms with Crippen LogP contribution in [0.25, 0.3) is 5.00 Å². The number of hydrogen-bond donors (Lipinski definition) is 2. The zero-order valence-corrected chi connectivity index (χ0v) is 19.5. The van der Waals surface area contributed by atoms with Crippen molar-refractivity contribution in [2.45, 2.75) is 56.4 Å². The lowest BCUT2D eigenvalue weighted by Gasteiger charge is -2.31. The highest BCUT2D eigenvalue weighted by molar-refractivity contribution is 7.98. The van der Waals surface area contributed by atoms with Gasteiger partial charge in [0.05, 0.1) is 13.3 Å². The Morgan fingerprint density at radius 1 is 1.23 bits per heavy atom. The lowest BCUT2D eigenvalue weighted by molar-refractivity contribution is 0.414. The Morgan fingerprint density at radius 2 is 2.06 bits per heavy atom. The number of aryl methyl sites for hydroxylation is 1. The molecule has 0 amide bonds. The molecule has 7 nitrogen and oxygen atoms in total. The molecule has 2 unspecified atom stereocenters. The van der Waals surface area contributed by atoms with E-state index in [4.69, 9.17) is 4.74 Å². The molecule has 3 aromatic rings. The van der Waals surface area contributed by atoms with Crippen molar-refractivity contribution in [2.75, 3.05) is 12.1 Å².